The van der Waals surface area contributed by atoms with E-state index in [4.69, 9.17) is 47.6 Å². The Labute approximate surface area is 791 Å². The molecule has 10 aromatic heterocycles. The van der Waals surface area contributed by atoms with Gasteiger partial charge in [-0.05, 0) is 175 Å². The normalized spacial score (nSPS) is 11.5. The van der Waals surface area contributed by atoms with Gasteiger partial charge in [-0.2, -0.15) is 0 Å². The molecule has 646 valence electrons. The van der Waals surface area contributed by atoms with Crippen LogP contribution in [0.4, 0.5) is 0 Å². The number of benzene rings is 17. The number of hydrogen-bond donors (Lipinski definition) is 0. The summed E-state index contributed by atoms with van der Waals surface area (Å²) < 4.78 is 25.7. The molecule has 0 saturated heterocycles. The number of para-hydroxylation sites is 8. The average Bonchev–Trinajstić information content (AvgIpc) is 1.56. The quantitative estimate of drug-likeness (QED) is 0.101. The molecule has 13 heteroatoms. The second-order valence-corrected chi connectivity index (χ2v) is 34.2. The maximum absolute atomic E-state index is 6.44. The monoisotopic (exact) mass is 1770 g/mol. The van der Waals surface area contributed by atoms with Crippen LogP contribution in [-0.2, 0) is 0 Å². The number of nitrogens with zero attached hydrogens (tertiary/aromatic N) is 9. The van der Waals surface area contributed by atoms with Crippen LogP contribution in [0.15, 0.2) is 486 Å². The van der Waals surface area contributed by atoms with E-state index < -0.39 is 0 Å². The van der Waals surface area contributed by atoms with Crippen LogP contribution in [0.3, 0.4) is 0 Å². The molecule has 13 nitrogen and oxygen atoms in total. The lowest BCUT2D eigenvalue weighted by Crippen LogP contribution is -1.96. The zero-order valence-electron chi connectivity index (χ0n) is 74.1. The van der Waals surface area contributed by atoms with Crippen molar-refractivity contribution in [1.82, 2.24) is 44.9 Å². The van der Waals surface area contributed by atoms with Crippen molar-refractivity contribution in [3.05, 3.63) is 468 Å². The minimum Gasteiger partial charge on any atom is -0.455 e. The fraction of sp³-hybridized carbons (Fsp3) is 0. The van der Waals surface area contributed by atoms with Gasteiger partial charge in [-0.1, -0.05) is 322 Å². The topological polar surface area (TPSA) is 169 Å². The van der Waals surface area contributed by atoms with Crippen LogP contribution in [0, 0.1) is 0 Å². The molecule has 0 unspecified atom stereocenters. The van der Waals surface area contributed by atoms with Crippen LogP contribution in [0.2, 0.25) is 0 Å². The smallest absolute Gasteiger partial charge is 0.164 e. The van der Waals surface area contributed by atoms with Crippen LogP contribution in [0.25, 0.3) is 267 Å². The fourth-order valence-corrected chi connectivity index (χ4v) is 19.0. The van der Waals surface area contributed by atoms with Crippen molar-refractivity contribution in [2.24, 2.45) is 0 Å². The summed E-state index contributed by atoms with van der Waals surface area (Å²) >= 11 is 0. The second kappa shape index (κ2) is 35.0. The Morgan fingerprint density at radius 3 is 0.942 bits per heavy atom. The maximum Gasteiger partial charge on any atom is 0.164 e. The molecule has 0 N–H and O–H groups in total. The van der Waals surface area contributed by atoms with Crippen molar-refractivity contribution in [3.63, 3.8) is 0 Å². The number of rotatable bonds is 14. The van der Waals surface area contributed by atoms with E-state index in [1.54, 1.807) is 12.4 Å². The number of aromatic nitrogens is 9. The van der Waals surface area contributed by atoms with Crippen molar-refractivity contribution in [2.45, 2.75) is 0 Å². The third-order valence-corrected chi connectivity index (χ3v) is 25.8. The van der Waals surface area contributed by atoms with Crippen LogP contribution >= 0.6 is 0 Å². The highest BCUT2D eigenvalue weighted by Gasteiger charge is 2.24. The molecule has 0 atom stereocenters. The van der Waals surface area contributed by atoms with Gasteiger partial charge in [0.15, 0.2) is 17.5 Å². The molecule has 17 aromatic carbocycles. The van der Waals surface area contributed by atoms with Crippen LogP contribution < -0.4 is 0 Å². The molecule has 0 amide bonds. The number of pyridine rings is 3. The van der Waals surface area contributed by atoms with Gasteiger partial charge in [0, 0.05) is 130 Å². The molecular weight excluding hydrogens is 1690 g/mol. The molecule has 0 aliphatic rings. The predicted octanol–water partition coefficient (Wildman–Crippen LogP) is 32.9. The van der Waals surface area contributed by atoms with E-state index >= 15 is 0 Å². The summed E-state index contributed by atoms with van der Waals surface area (Å²) in [5.41, 5.74) is 31.2. The first-order valence-corrected chi connectivity index (χ1v) is 45.9. The Hall–Kier alpha value is -18.9. The lowest BCUT2D eigenvalue weighted by molar-refractivity contribution is 0.669. The van der Waals surface area contributed by atoms with Crippen molar-refractivity contribution < 1.29 is 17.7 Å². The molecule has 0 radical (unpaired) electrons. The standard InChI is InChI=1S/2C43H27N3O.C39H23N3O2/c1-2-14-34-28(9-1)10-6-16-35(34)29-20-22-30(23-21-29)43-45-39(32-12-5-11-31(25-32)33-13-8-24-44-27-33)26-40(46-43)38-18-7-17-37-36-15-3-4-19-41(36)47-42(37)38;1-2-7-34-26-35(21-16-28(34)6-1)30-14-19-33(20-15-30)40-27-39(32-17-12-29(13-18-32)31-22-24-44-25-23-31)45-43(46-40)38-10-5-9-37-36-8-3-4-11-41(36)47-42(37)38;1-3-18-35-27(12-1)29-14-6-16-31(37(29)43-35)34-22-33(25-10-5-9-24(21-25)26-11-8-20-40-23-26)41-39(42-34)32-17-7-15-30-28-13-2-4-19-36(28)44-38(30)32/h2*1-27H;1-23H. The molecule has 0 saturated carbocycles. The van der Waals surface area contributed by atoms with Gasteiger partial charge in [0.1, 0.15) is 44.7 Å². The molecular formula is C125H77N9O4. The number of hydrogen-bond acceptors (Lipinski definition) is 13. The van der Waals surface area contributed by atoms with Crippen LogP contribution in [0.5, 0.6) is 0 Å². The Kier molecular flexibility index (Phi) is 20.6. The summed E-state index contributed by atoms with van der Waals surface area (Å²) in [4.78, 5) is 43.8. The molecule has 10 heterocycles. The molecule has 138 heavy (non-hydrogen) atoms. The van der Waals surface area contributed by atoms with Crippen molar-refractivity contribution in [1.29, 1.82) is 0 Å². The van der Waals surface area contributed by atoms with E-state index in [0.717, 1.165) is 216 Å². The molecule has 0 bridgehead atoms. The maximum atomic E-state index is 6.44. The molecule has 0 aliphatic heterocycles. The van der Waals surface area contributed by atoms with Gasteiger partial charge in [0.05, 0.1) is 45.3 Å². The third-order valence-electron chi connectivity index (χ3n) is 25.8. The molecule has 0 aliphatic carbocycles. The van der Waals surface area contributed by atoms with Crippen LogP contribution in [-0.4, -0.2) is 44.9 Å². The van der Waals surface area contributed by atoms with E-state index in [1.807, 2.05) is 146 Å². The van der Waals surface area contributed by atoms with Crippen molar-refractivity contribution in [2.75, 3.05) is 0 Å². The molecule has 27 aromatic rings. The fourth-order valence-electron chi connectivity index (χ4n) is 19.0. The van der Waals surface area contributed by atoms with E-state index in [2.05, 4.69) is 324 Å². The lowest BCUT2D eigenvalue weighted by atomic mass is 9.97. The van der Waals surface area contributed by atoms with Gasteiger partial charge < -0.3 is 17.7 Å². The van der Waals surface area contributed by atoms with E-state index in [0.29, 0.717) is 17.5 Å². The zero-order chi connectivity index (χ0) is 91.4. The third kappa shape index (κ3) is 15.4. The Morgan fingerprint density at radius 2 is 0.457 bits per heavy atom. The zero-order valence-corrected chi connectivity index (χ0v) is 74.1. The summed E-state index contributed by atoms with van der Waals surface area (Å²) in [6.45, 7) is 0. The van der Waals surface area contributed by atoms with Crippen molar-refractivity contribution in [3.8, 4) is 157 Å². The minimum atomic E-state index is 0.585. The van der Waals surface area contributed by atoms with Crippen LogP contribution in [0.1, 0.15) is 0 Å². The minimum absolute atomic E-state index is 0.585. The molecule has 0 spiro atoms. The highest BCUT2D eigenvalue weighted by atomic mass is 16.3. The summed E-state index contributed by atoms with van der Waals surface area (Å²) in [6.07, 6.45) is 11.0. The summed E-state index contributed by atoms with van der Waals surface area (Å²) in [5.74, 6) is 1.86. The Bertz CT molecular complexity index is 9210. The van der Waals surface area contributed by atoms with Gasteiger partial charge in [0.25, 0.3) is 0 Å². The second-order valence-electron chi connectivity index (χ2n) is 34.2. The lowest BCUT2D eigenvalue weighted by Gasteiger charge is -2.12. The average molecular weight is 1770 g/mol. The van der Waals surface area contributed by atoms with E-state index in [-0.39, 0.29) is 0 Å². The number of furan rings is 4. The number of fused-ring (bicyclic) bond motifs is 14. The highest BCUT2D eigenvalue weighted by Crippen LogP contribution is 2.45. The predicted molar refractivity (Wildman–Crippen MR) is 560 cm³/mol. The highest BCUT2D eigenvalue weighted by molar-refractivity contribution is 6.13. The molecule has 0 fully saturated rings. The SMILES string of the molecule is c1ccc2cc(-c3ccc(-c4cc(-c5ccc(-c6ccncc6)cc5)nc(-c5cccc6c5oc5ccccc56)n4)cc3)ccc2c1.c1cncc(-c2cccc(-c3cc(-c4cccc5c4oc4ccccc45)nc(-c4ccc(-c5cccc6ccccc56)cc4)n3)c2)c1.c1cncc(-c2cccc(-c3cc(-c4cccc5c4oc4ccccc45)nc(-c4cccc5c4oc4ccccc45)n3)c2)c1. The summed E-state index contributed by atoms with van der Waals surface area (Å²) in [6, 6.07) is 148. The Balaban J connectivity index is 0.000000110. The van der Waals surface area contributed by atoms with E-state index in [9.17, 15) is 0 Å². The first-order valence-electron chi connectivity index (χ1n) is 45.9. The molecule has 27 rings (SSSR count). The largest absolute Gasteiger partial charge is 0.455 e. The van der Waals surface area contributed by atoms with E-state index in [1.165, 1.54) is 32.7 Å². The van der Waals surface area contributed by atoms with Gasteiger partial charge in [0.2, 0.25) is 0 Å². The van der Waals surface area contributed by atoms with Gasteiger partial charge in [-0.15, -0.1) is 0 Å². The first-order chi connectivity index (χ1) is 68.3. The van der Waals surface area contributed by atoms with Gasteiger partial charge in [-0.3, -0.25) is 15.0 Å². The summed E-state index contributed by atoms with van der Waals surface area (Å²) in [5, 5.41) is 13.4. The first kappa shape index (κ1) is 81.2. The van der Waals surface area contributed by atoms with Crippen molar-refractivity contribution >= 4 is 109 Å². The Morgan fingerprint density at radius 1 is 0.145 bits per heavy atom. The van der Waals surface area contributed by atoms with Gasteiger partial charge >= 0.3 is 0 Å². The summed E-state index contributed by atoms with van der Waals surface area (Å²) in [7, 11) is 0. The van der Waals surface area contributed by atoms with Gasteiger partial charge in [-0.25, -0.2) is 29.9 Å².